The van der Waals surface area contributed by atoms with Crippen LogP contribution in [0.25, 0.3) is 0 Å². The number of aliphatic hydroxyl groups is 1. The van der Waals surface area contributed by atoms with Gasteiger partial charge in [-0.05, 0) is 23.6 Å². The first-order valence-corrected chi connectivity index (χ1v) is 7.28. The van der Waals surface area contributed by atoms with Crippen LogP contribution in [0.15, 0.2) is 54.6 Å². The molecule has 0 spiro atoms. The molecule has 0 saturated heterocycles. The summed E-state index contributed by atoms with van der Waals surface area (Å²) in [5, 5.41) is 10.0. The molecule has 1 N–H and O–H groups in total. The summed E-state index contributed by atoms with van der Waals surface area (Å²) in [4.78, 5) is 0. The minimum Gasteiger partial charge on any atom is -0.388 e. The molecule has 0 heterocycles. The first-order valence-electron chi connectivity index (χ1n) is 6.12. The van der Waals surface area contributed by atoms with E-state index >= 15 is 0 Å². The van der Waals surface area contributed by atoms with E-state index in [0.717, 1.165) is 17.1 Å². The molecule has 1 nitrogen and oxygen atoms in total. The summed E-state index contributed by atoms with van der Waals surface area (Å²) in [5.74, 6) is 1.69. The third kappa shape index (κ3) is 3.62. The molecule has 0 aliphatic heterocycles. The lowest BCUT2D eigenvalue weighted by Crippen LogP contribution is -2.00. The van der Waals surface area contributed by atoms with Crippen LogP contribution >= 0.6 is 11.8 Å². The van der Waals surface area contributed by atoms with E-state index in [2.05, 4.69) is 31.2 Å². The van der Waals surface area contributed by atoms with Gasteiger partial charge in [-0.1, -0.05) is 54.6 Å². The monoisotopic (exact) mass is 258 g/mol. The fourth-order valence-electron chi connectivity index (χ4n) is 1.82. The Morgan fingerprint density at radius 3 is 2.39 bits per heavy atom. The molecule has 0 aromatic heterocycles. The van der Waals surface area contributed by atoms with Crippen LogP contribution in [0.5, 0.6) is 0 Å². The van der Waals surface area contributed by atoms with E-state index in [1.165, 1.54) is 11.1 Å². The fourth-order valence-corrected chi connectivity index (χ4v) is 2.90. The van der Waals surface area contributed by atoms with Crippen LogP contribution in [0.3, 0.4) is 0 Å². The van der Waals surface area contributed by atoms with E-state index < -0.39 is 0 Å². The summed E-state index contributed by atoms with van der Waals surface area (Å²) < 4.78 is 0. The maximum Gasteiger partial charge on any atom is 0.0880 e. The Morgan fingerprint density at radius 2 is 1.67 bits per heavy atom. The van der Waals surface area contributed by atoms with Crippen molar-refractivity contribution in [3.63, 3.8) is 0 Å². The molecule has 2 rings (SSSR count). The zero-order chi connectivity index (χ0) is 12.8. The number of aliphatic hydroxyl groups excluding tert-OH is 1. The second-order valence-electron chi connectivity index (χ2n) is 4.37. The zero-order valence-electron chi connectivity index (χ0n) is 10.5. The van der Waals surface area contributed by atoms with Crippen LogP contribution in [0.1, 0.15) is 22.8 Å². The molecule has 2 heteroatoms. The number of rotatable bonds is 5. The van der Waals surface area contributed by atoms with Crippen LogP contribution in [0, 0.1) is 6.92 Å². The Kier molecular flexibility index (Phi) is 4.85. The normalized spacial score (nSPS) is 12.3. The van der Waals surface area contributed by atoms with Crippen molar-refractivity contribution in [1.29, 1.82) is 0 Å². The van der Waals surface area contributed by atoms with Crippen molar-refractivity contribution in [2.75, 3.05) is 5.75 Å². The number of benzene rings is 2. The largest absolute Gasteiger partial charge is 0.388 e. The smallest absolute Gasteiger partial charge is 0.0880 e. The van der Waals surface area contributed by atoms with Crippen molar-refractivity contribution in [3.8, 4) is 0 Å². The van der Waals surface area contributed by atoms with Gasteiger partial charge in [-0.2, -0.15) is 11.8 Å². The highest BCUT2D eigenvalue weighted by Crippen LogP contribution is 2.22. The molecule has 94 valence electrons. The van der Waals surface area contributed by atoms with Gasteiger partial charge in [0.2, 0.25) is 0 Å². The van der Waals surface area contributed by atoms with Gasteiger partial charge in [0.15, 0.2) is 0 Å². The molecule has 0 fully saturated rings. The molecule has 1 atom stereocenters. The van der Waals surface area contributed by atoms with Gasteiger partial charge < -0.3 is 5.11 Å². The summed E-state index contributed by atoms with van der Waals surface area (Å²) in [5.41, 5.74) is 3.66. The second-order valence-corrected chi connectivity index (χ2v) is 5.40. The van der Waals surface area contributed by atoms with E-state index in [-0.39, 0.29) is 6.10 Å². The van der Waals surface area contributed by atoms with E-state index in [0.29, 0.717) is 0 Å². The quantitative estimate of drug-likeness (QED) is 0.876. The summed E-state index contributed by atoms with van der Waals surface area (Å²) in [6.45, 7) is 2.13. The van der Waals surface area contributed by atoms with Gasteiger partial charge in [-0.25, -0.2) is 0 Å². The predicted octanol–water partition coefficient (Wildman–Crippen LogP) is 3.96. The number of hydrogen-bond acceptors (Lipinski definition) is 2. The Balaban J connectivity index is 1.84. The van der Waals surface area contributed by atoms with Crippen LogP contribution in [0.2, 0.25) is 0 Å². The van der Waals surface area contributed by atoms with Gasteiger partial charge in [0.05, 0.1) is 6.10 Å². The summed E-state index contributed by atoms with van der Waals surface area (Å²) >= 11 is 1.77. The SMILES string of the molecule is Cc1ccccc1CSCC(O)c1ccccc1. The average Bonchev–Trinajstić information content (AvgIpc) is 2.42. The molecule has 0 radical (unpaired) electrons. The maximum absolute atomic E-state index is 10.0. The fraction of sp³-hybridized carbons (Fsp3) is 0.250. The van der Waals surface area contributed by atoms with Crippen LogP contribution < -0.4 is 0 Å². The van der Waals surface area contributed by atoms with Gasteiger partial charge in [-0.15, -0.1) is 0 Å². The van der Waals surface area contributed by atoms with Crippen molar-refractivity contribution in [2.45, 2.75) is 18.8 Å². The first-order chi connectivity index (χ1) is 8.77. The topological polar surface area (TPSA) is 20.2 Å². The molecule has 18 heavy (non-hydrogen) atoms. The van der Waals surface area contributed by atoms with Crippen molar-refractivity contribution in [2.24, 2.45) is 0 Å². The molecule has 0 aliphatic carbocycles. The Hall–Kier alpha value is -1.25. The Bertz CT molecular complexity index is 481. The zero-order valence-corrected chi connectivity index (χ0v) is 11.4. The molecule has 1 unspecified atom stereocenters. The van der Waals surface area contributed by atoms with Gasteiger partial charge >= 0.3 is 0 Å². The lowest BCUT2D eigenvalue weighted by Gasteiger charge is -2.11. The van der Waals surface area contributed by atoms with Gasteiger partial charge in [0, 0.05) is 11.5 Å². The van der Waals surface area contributed by atoms with E-state index in [4.69, 9.17) is 0 Å². The molecule has 2 aromatic rings. The highest BCUT2D eigenvalue weighted by atomic mass is 32.2. The van der Waals surface area contributed by atoms with E-state index in [1.807, 2.05) is 30.3 Å². The van der Waals surface area contributed by atoms with Crippen LogP contribution in [-0.4, -0.2) is 10.9 Å². The third-order valence-electron chi connectivity index (χ3n) is 2.98. The maximum atomic E-state index is 10.0. The Labute approximate surface area is 113 Å². The third-order valence-corrected chi connectivity index (χ3v) is 4.05. The van der Waals surface area contributed by atoms with E-state index in [9.17, 15) is 5.11 Å². The number of thioether (sulfide) groups is 1. The summed E-state index contributed by atoms with van der Waals surface area (Å²) in [6.07, 6.45) is -0.375. The lowest BCUT2D eigenvalue weighted by molar-refractivity contribution is 0.204. The first kappa shape index (κ1) is 13.2. The van der Waals surface area contributed by atoms with Gasteiger partial charge in [0.25, 0.3) is 0 Å². The van der Waals surface area contributed by atoms with Crippen LogP contribution in [-0.2, 0) is 5.75 Å². The Morgan fingerprint density at radius 1 is 1.00 bits per heavy atom. The minimum absolute atomic E-state index is 0.375. The molecule has 0 bridgehead atoms. The van der Waals surface area contributed by atoms with Crippen molar-refractivity contribution in [3.05, 3.63) is 71.3 Å². The molecule has 0 aliphatic rings. The van der Waals surface area contributed by atoms with E-state index in [1.54, 1.807) is 11.8 Å². The standard InChI is InChI=1S/C16H18OS/c1-13-7-5-6-10-15(13)11-18-12-16(17)14-8-3-2-4-9-14/h2-10,16-17H,11-12H2,1H3. The summed E-state index contributed by atoms with van der Waals surface area (Å²) in [6, 6.07) is 18.2. The molecule has 0 amide bonds. The van der Waals surface area contributed by atoms with Gasteiger partial charge in [0.1, 0.15) is 0 Å². The number of aryl methyl sites for hydroxylation is 1. The summed E-state index contributed by atoms with van der Waals surface area (Å²) in [7, 11) is 0. The average molecular weight is 258 g/mol. The lowest BCUT2D eigenvalue weighted by atomic mass is 10.1. The predicted molar refractivity (Wildman–Crippen MR) is 78.7 cm³/mol. The number of hydrogen-bond donors (Lipinski definition) is 1. The van der Waals surface area contributed by atoms with Crippen molar-refractivity contribution < 1.29 is 5.11 Å². The van der Waals surface area contributed by atoms with Crippen molar-refractivity contribution >= 4 is 11.8 Å². The van der Waals surface area contributed by atoms with Gasteiger partial charge in [-0.3, -0.25) is 0 Å². The highest BCUT2D eigenvalue weighted by Gasteiger charge is 2.07. The molecular weight excluding hydrogens is 240 g/mol. The minimum atomic E-state index is -0.375. The van der Waals surface area contributed by atoms with Crippen LogP contribution in [0.4, 0.5) is 0 Å². The highest BCUT2D eigenvalue weighted by molar-refractivity contribution is 7.98. The second kappa shape index (κ2) is 6.62. The molecular formula is C16H18OS. The van der Waals surface area contributed by atoms with Crippen molar-refractivity contribution in [1.82, 2.24) is 0 Å². The molecule has 2 aromatic carbocycles. The molecule has 0 saturated carbocycles.